The first kappa shape index (κ1) is 19.3. The molecule has 1 aromatic rings. The van der Waals surface area contributed by atoms with Crippen LogP contribution >= 0.6 is 23.4 Å². The van der Waals surface area contributed by atoms with E-state index in [9.17, 15) is 0 Å². The van der Waals surface area contributed by atoms with Crippen molar-refractivity contribution >= 4 is 29.1 Å². The van der Waals surface area contributed by atoms with Gasteiger partial charge < -0.3 is 10.2 Å². The van der Waals surface area contributed by atoms with Crippen LogP contribution in [0, 0.1) is 0 Å². The summed E-state index contributed by atoms with van der Waals surface area (Å²) in [7, 11) is 0. The fourth-order valence-corrected chi connectivity index (χ4v) is 5.37. The lowest BCUT2D eigenvalue weighted by Gasteiger charge is -2.36. The lowest BCUT2D eigenvalue weighted by atomic mass is 10.1. The second-order valence-electron chi connectivity index (χ2n) is 7.28. The highest BCUT2D eigenvalue weighted by Gasteiger charge is 2.23. The lowest BCUT2D eigenvalue weighted by molar-refractivity contribution is 0.251. The lowest BCUT2D eigenvalue weighted by Crippen LogP contribution is -2.46. The number of hydrogen-bond donors (Lipinski definition) is 1. The summed E-state index contributed by atoms with van der Waals surface area (Å²) >= 11 is 8.25. The predicted octanol–water partition coefficient (Wildman–Crippen LogP) is 4.46. The Morgan fingerprint density at radius 2 is 2.00 bits per heavy atom. The van der Waals surface area contributed by atoms with Gasteiger partial charge in [-0.05, 0) is 50.4 Å². The molecule has 0 radical (unpaired) electrons. The number of piperazine rings is 1. The molecule has 2 aliphatic heterocycles. The second kappa shape index (κ2) is 10.1. The minimum Gasteiger partial charge on any atom is -0.369 e. The van der Waals surface area contributed by atoms with Crippen LogP contribution in [0.1, 0.15) is 39.0 Å². The average molecular weight is 382 g/mol. The van der Waals surface area contributed by atoms with E-state index in [2.05, 4.69) is 45.9 Å². The fourth-order valence-electron chi connectivity index (χ4n) is 3.84. The molecule has 2 atom stereocenters. The first-order chi connectivity index (χ1) is 12.2. The van der Waals surface area contributed by atoms with E-state index in [-0.39, 0.29) is 0 Å². The van der Waals surface area contributed by atoms with E-state index in [1.807, 2.05) is 12.1 Å². The maximum absolute atomic E-state index is 6.11. The summed E-state index contributed by atoms with van der Waals surface area (Å²) in [5.41, 5.74) is 1.26. The molecular weight excluding hydrogens is 350 g/mol. The van der Waals surface area contributed by atoms with Crippen molar-refractivity contribution in [2.75, 3.05) is 43.4 Å². The van der Waals surface area contributed by atoms with Gasteiger partial charge in [-0.1, -0.05) is 31.0 Å². The molecule has 3 nitrogen and oxygen atoms in total. The van der Waals surface area contributed by atoms with Crippen molar-refractivity contribution in [1.82, 2.24) is 10.2 Å². The van der Waals surface area contributed by atoms with Crippen LogP contribution in [-0.4, -0.2) is 54.8 Å². The molecule has 1 aromatic carbocycles. The Hall–Kier alpha value is -0.420. The quantitative estimate of drug-likeness (QED) is 0.669. The van der Waals surface area contributed by atoms with E-state index < -0.39 is 0 Å². The minimum absolute atomic E-state index is 0.705. The summed E-state index contributed by atoms with van der Waals surface area (Å²) in [6.45, 7) is 8.09. The number of benzene rings is 1. The topological polar surface area (TPSA) is 18.5 Å². The van der Waals surface area contributed by atoms with Crippen molar-refractivity contribution in [1.29, 1.82) is 0 Å². The molecule has 140 valence electrons. The minimum atomic E-state index is 0.705. The van der Waals surface area contributed by atoms with Gasteiger partial charge in [0.25, 0.3) is 0 Å². The highest BCUT2D eigenvalue weighted by molar-refractivity contribution is 8.00. The van der Waals surface area contributed by atoms with Crippen LogP contribution in [-0.2, 0) is 0 Å². The summed E-state index contributed by atoms with van der Waals surface area (Å²) < 4.78 is 0. The van der Waals surface area contributed by atoms with Gasteiger partial charge in [0.15, 0.2) is 0 Å². The Labute approximate surface area is 162 Å². The van der Waals surface area contributed by atoms with Gasteiger partial charge in [0.2, 0.25) is 0 Å². The van der Waals surface area contributed by atoms with Crippen molar-refractivity contribution in [3.8, 4) is 0 Å². The number of halogens is 1. The summed E-state index contributed by atoms with van der Waals surface area (Å²) in [5.74, 6) is 1.31. The molecular formula is C20H32ClN3S. The Kier molecular flexibility index (Phi) is 7.78. The number of nitrogens with zero attached hydrogens (tertiary/aromatic N) is 2. The molecule has 0 saturated carbocycles. The SMILES string of the molecule is CCCC1CSC(CCCCN2CCN(c3cccc(Cl)c3)CC2)N1. The van der Waals surface area contributed by atoms with Gasteiger partial charge in [-0.15, -0.1) is 11.8 Å². The van der Waals surface area contributed by atoms with Crippen LogP contribution in [0.4, 0.5) is 5.69 Å². The van der Waals surface area contributed by atoms with Gasteiger partial charge in [-0.2, -0.15) is 0 Å². The third kappa shape index (κ3) is 6.06. The Bertz CT molecular complexity index is 519. The third-order valence-electron chi connectivity index (χ3n) is 5.29. The average Bonchev–Trinajstić information content (AvgIpc) is 3.07. The van der Waals surface area contributed by atoms with Crippen LogP contribution in [0.5, 0.6) is 0 Å². The number of rotatable bonds is 8. The van der Waals surface area contributed by atoms with Gasteiger partial charge in [0.1, 0.15) is 0 Å². The van der Waals surface area contributed by atoms with Gasteiger partial charge in [-0.25, -0.2) is 0 Å². The molecule has 5 heteroatoms. The second-order valence-corrected chi connectivity index (χ2v) is 8.95. The number of anilines is 1. The van der Waals surface area contributed by atoms with E-state index in [0.717, 1.165) is 24.2 Å². The number of unbranched alkanes of at least 4 members (excludes halogenated alkanes) is 1. The number of thioether (sulfide) groups is 1. The monoisotopic (exact) mass is 381 g/mol. The summed E-state index contributed by atoms with van der Waals surface area (Å²) in [6.07, 6.45) is 6.63. The summed E-state index contributed by atoms with van der Waals surface area (Å²) in [5, 5.41) is 5.33. The Morgan fingerprint density at radius 1 is 1.16 bits per heavy atom. The zero-order valence-electron chi connectivity index (χ0n) is 15.4. The maximum Gasteiger partial charge on any atom is 0.0535 e. The van der Waals surface area contributed by atoms with Crippen LogP contribution in [0.15, 0.2) is 24.3 Å². The standard InChI is InChI=1S/C20H32ClN3S/c1-2-6-18-16-25-20(22-18)9-3-4-10-23-11-13-24(14-12-23)19-8-5-7-17(21)15-19/h5,7-8,15,18,20,22H,2-4,6,9-14,16H2,1H3. The van der Waals surface area contributed by atoms with Gasteiger partial charge in [0.05, 0.1) is 5.37 Å². The van der Waals surface area contributed by atoms with E-state index in [0.29, 0.717) is 5.37 Å². The van der Waals surface area contributed by atoms with Gasteiger partial charge in [-0.3, -0.25) is 4.90 Å². The van der Waals surface area contributed by atoms with Crippen LogP contribution in [0.2, 0.25) is 5.02 Å². The van der Waals surface area contributed by atoms with Crippen molar-refractivity contribution in [3.63, 3.8) is 0 Å². The summed E-state index contributed by atoms with van der Waals surface area (Å²) in [4.78, 5) is 5.07. The maximum atomic E-state index is 6.11. The highest BCUT2D eigenvalue weighted by Crippen LogP contribution is 2.25. The molecule has 0 aliphatic carbocycles. The van der Waals surface area contributed by atoms with Crippen LogP contribution < -0.4 is 10.2 Å². The molecule has 0 aromatic heterocycles. The van der Waals surface area contributed by atoms with E-state index in [4.69, 9.17) is 11.6 Å². The van der Waals surface area contributed by atoms with E-state index in [1.165, 1.54) is 63.2 Å². The smallest absolute Gasteiger partial charge is 0.0535 e. The third-order valence-corrected chi connectivity index (χ3v) is 6.90. The fraction of sp³-hybridized carbons (Fsp3) is 0.700. The molecule has 2 fully saturated rings. The largest absolute Gasteiger partial charge is 0.369 e. The molecule has 2 heterocycles. The first-order valence-corrected chi connectivity index (χ1v) is 11.3. The predicted molar refractivity (Wildman–Crippen MR) is 112 cm³/mol. The Balaban J connectivity index is 1.28. The van der Waals surface area contributed by atoms with Crippen LogP contribution in [0.25, 0.3) is 0 Å². The molecule has 3 rings (SSSR count). The van der Waals surface area contributed by atoms with Gasteiger partial charge in [0, 0.05) is 48.7 Å². The molecule has 2 saturated heterocycles. The first-order valence-electron chi connectivity index (χ1n) is 9.85. The molecule has 0 spiro atoms. The van der Waals surface area contributed by atoms with Crippen molar-refractivity contribution in [2.24, 2.45) is 0 Å². The van der Waals surface area contributed by atoms with Crippen molar-refractivity contribution < 1.29 is 0 Å². The van der Waals surface area contributed by atoms with Crippen LogP contribution in [0.3, 0.4) is 0 Å². The molecule has 25 heavy (non-hydrogen) atoms. The van der Waals surface area contributed by atoms with Gasteiger partial charge >= 0.3 is 0 Å². The summed E-state index contributed by atoms with van der Waals surface area (Å²) in [6, 6.07) is 9.00. The Morgan fingerprint density at radius 3 is 2.76 bits per heavy atom. The molecule has 0 amide bonds. The molecule has 1 N–H and O–H groups in total. The zero-order valence-corrected chi connectivity index (χ0v) is 17.0. The van der Waals surface area contributed by atoms with Crippen molar-refractivity contribution in [2.45, 2.75) is 50.4 Å². The number of nitrogens with one attached hydrogen (secondary N) is 1. The highest BCUT2D eigenvalue weighted by atomic mass is 35.5. The zero-order chi connectivity index (χ0) is 17.5. The molecule has 2 unspecified atom stereocenters. The van der Waals surface area contributed by atoms with E-state index in [1.54, 1.807) is 0 Å². The molecule has 2 aliphatic rings. The number of hydrogen-bond acceptors (Lipinski definition) is 4. The normalized spacial score (nSPS) is 24.8. The molecule has 0 bridgehead atoms. The van der Waals surface area contributed by atoms with E-state index >= 15 is 0 Å². The van der Waals surface area contributed by atoms with Crippen molar-refractivity contribution in [3.05, 3.63) is 29.3 Å².